The van der Waals surface area contributed by atoms with E-state index in [4.69, 9.17) is 10.5 Å². The van der Waals surface area contributed by atoms with Gasteiger partial charge >= 0.3 is 0 Å². The van der Waals surface area contributed by atoms with Crippen molar-refractivity contribution in [2.45, 2.75) is 13.5 Å². The highest BCUT2D eigenvalue weighted by atomic mass is 16.6. The lowest BCUT2D eigenvalue weighted by atomic mass is 10.2. The van der Waals surface area contributed by atoms with Gasteiger partial charge in [-0.3, -0.25) is 10.1 Å². The fraction of sp³-hybridized carbons (Fsp3) is 0.143. The molecule has 0 atom stereocenters. The summed E-state index contributed by atoms with van der Waals surface area (Å²) in [5.74, 6) is 0.632. The predicted octanol–water partition coefficient (Wildman–Crippen LogP) is 3.06. The Morgan fingerprint density at radius 2 is 2.05 bits per heavy atom. The molecule has 98 valence electrons. The van der Waals surface area contributed by atoms with Crippen LogP contribution in [0.3, 0.4) is 0 Å². The number of anilines is 1. The van der Waals surface area contributed by atoms with Crippen LogP contribution in [0.5, 0.6) is 5.75 Å². The van der Waals surface area contributed by atoms with Crippen LogP contribution in [0.4, 0.5) is 11.4 Å². The predicted molar refractivity (Wildman–Crippen MR) is 73.0 cm³/mol. The van der Waals surface area contributed by atoms with Crippen LogP contribution in [0.2, 0.25) is 0 Å². The molecule has 0 aromatic heterocycles. The summed E-state index contributed by atoms with van der Waals surface area (Å²) < 4.78 is 5.63. The van der Waals surface area contributed by atoms with Crippen LogP contribution in [0.25, 0.3) is 0 Å². The van der Waals surface area contributed by atoms with Gasteiger partial charge in [0.25, 0.3) is 5.69 Å². The zero-order chi connectivity index (χ0) is 13.8. The highest BCUT2D eigenvalue weighted by molar-refractivity contribution is 5.43. The first kappa shape index (κ1) is 12.9. The SMILES string of the molecule is Cc1cc([N+](=O)[O-])ccc1OCc1cccc(N)c1. The molecule has 0 amide bonds. The molecule has 0 radical (unpaired) electrons. The van der Waals surface area contributed by atoms with Gasteiger partial charge in [-0.1, -0.05) is 12.1 Å². The van der Waals surface area contributed by atoms with Gasteiger partial charge in [-0.05, 0) is 36.2 Å². The average Bonchev–Trinajstić information content (AvgIpc) is 2.37. The summed E-state index contributed by atoms with van der Waals surface area (Å²) in [6.07, 6.45) is 0. The smallest absolute Gasteiger partial charge is 0.269 e. The van der Waals surface area contributed by atoms with Crippen LogP contribution in [-0.2, 0) is 6.61 Å². The summed E-state index contributed by atoms with van der Waals surface area (Å²) in [7, 11) is 0. The highest BCUT2D eigenvalue weighted by Gasteiger charge is 2.08. The van der Waals surface area contributed by atoms with Crippen LogP contribution in [0, 0.1) is 17.0 Å². The van der Waals surface area contributed by atoms with E-state index in [2.05, 4.69) is 0 Å². The summed E-state index contributed by atoms with van der Waals surface area (Å²) in [6.45, 7) is 2.16. The summed E-state index contributed by atoms with van der Waals surface area (Å²) >= 11 is 0. The number of nitrogens with two attached hydrogens (primary N) is 1. The number of ether oxygens (including phenoxy) is 1. The molecule has 0 unspecified atom stereocenters. The number of nitro benzene ring substituents is 1. The second-order valence-corrected chi connectivity index (χ2v) is 4.24. The maximum absolute atomic E-state index is 10.6. The standard InChI is InChI=1S/C14H14N2O3/c1-10-7-13(16(17)18)5-6-14(10)19-9-11-3-2-4-12(15)8-11/h2-8H,9,15H2,1H3. The number of aryl methyl sites for hydroxylation is 1. The van der Waals surface area contributed by atoms with E-state index < -0.39 is 4.92 Å². The van der Waals surface area contributed by atoms with E-state index in [-0.39, 0.29) is 5.69 Å². The van der Waals surface area contributed by atoms with Crippen LogP contribution >= 0.6 is 0 Å². The van der Waals surface area contributed by atoms with Crippen molar-refractivity contribution in [3.63, 3.8) is 0 Å². The molecule has 2 N–H and O–H groups in total. The van der Waals surface area contributed by atoms with Gasteiger partial charge in [0, 0.05) is 17.8 Å². The number of hydrogen-bond acceptors (Lipinski definition) is 4. The third-order valence-corrected chi connectivity index (χ3v) is 2.71. The number of nitro groups is 1. The van der Waals surface area contributed by atoms with Gasteiger partial charge in [0.05, 0.1) is 4.92 Å². The van der Waals surface area contributed by atoms with E-state index >= 15 is 0 Å². The van der Waals surface area contributed by atoms with E-state index in [0.717, 1.165) is 11.1 Å². The van der Waals surface area contributed by atoms with E-state index in [1.54, 1.807) is 19.1 Å². The molecule has 0 saturated carbocycles. The molecule has 19 heavy (non-hydrogen) atoms. The Balaban J connectivity index is 2.10. The lowest BCUT2D eigenvalue weighted by Gasteiger charge is -2.09. The number of nitrogens with zero attached hydrogens (tertiary/aromatic N) is 1. The van der Waals surface area contributed by atoms with Crippen molar-refractivity contribution in [3.8, 4) is 5.75 Å². The summed E-state index contributed by atoms with van der Waals surface area (Å²) in [6, 6.07) is 11.9. The van der Waals surface area contributed by atoms with Crippen molar-refractivity contribution < 1.29 is 9.66 Å². The molecule has 0 fully saturated rings. The molecule has 0 heterocycles. The molecule has 2 aromatic rings. The number of rotatable bonds is 4. The Kier molecular flexibility index (Phi) is 3.66. The number of hydrogen-bond donors (Lipinski definition) is 1. The molecule has 0 aliphatic rings. The molecular formula is C14H14N2O3. The molecule has 0 spiro atoms. The minimum atomic E-state index is -0.422. The first-order valence-corrected chi connectivity index (χ1v) is 5.78. The number of nitrogen functional groups attached to an aromatic ring is 1. The van der Waals surface area contributed by atoms with Gasteiger partial charge < -0.3 is 10.5 Å². The van der Waals surface area contributed by atoms with E-state index in [1.807, 2.05) is 18.2 Å². The maximum Gasteiger partial charge on any atom is 0.269 e. The molecule has 0 saturated heterocycles. The van der Waals surface area contributed by atoms with E-state index in [0.29, 0.717) is 18.0 Å². The van der Waals surface area contributed by atoms with Gasteiger partial charge in [-0.2, -0.15) is 0 Å². The van der Waals surface area contributed by atoms with Gasteiger partial charge in [0.1, 0.15) is 12.4 Å². The Hall–Kier alpha value is -2.56. The Bertz CT molecular complexity index is 611. The fourth-order valence-corrected chi connectivity index (χ4v) is 1.75. The van der Waals surface area contributed by atoms with Gasteiger partial charge in [0.15, 0.2) is 0 Å². The van der Waals surface area contributed by atoms with E-state index in [9.17, 15) is 10.1 Å². The first-order valence-electron chi connectivity index (χ1n) is 5.78. The van der Waals surface area contributed by atoms with Crippen molar-refractivity contribution in [2.24, 2.45) is 0 Å². The Labute approximate surface area is 110 Å². The average molecular weight is 258 g/mol. The quantitative estimate of drug-likeness (QED) is 0.519. The molecule has 0 aliphatic heterocycles. The third kappa shape index (κ3) is 3.22. The fourth-order valence-electron chi connectivity index (χ4n) is 1.75. The van der Waals surface area contributed by atoms with Crippen LogP contribution in [0.15, 0.2) is 42.5 Å². The second-order valence-electron chi connectivity index (χ2n) is 4.24. The van der Waals surface area contributed by atoms with Gasteiger partial charge in [0.2, 0.25) is 0 Å². The third-order valence-electron chi connectivity index (χ3n) is 2.71. The van der Waals surface area contributed by atoms with Crippen molar-refractivity contribution in [1.82, 2.24) is 0 Å². The largest absolute Gasteiger partial charge is 0.489 e. The van der Waals surface area contributed by atoms with Crippen LogP contribution < -0.4 is 10.5 Å². The maximum atomic E-state index is 10.6. The van der Waals surface area contributed by atoms with Crippen molar-refractivity contribution in [2.75, 3.05) is 5.73 Å². The van der Waals surface area contributed by atoms with E-state index in [1.165, 1.54) is 12.1 Å². The second kappa shape index (κ2) is 5.39. The first-order chi connectivity index (χ1) is 9.06. The molecule has 0 aliphatic carbocycles. The van der Waals surface area contributed by atoms with Gasteiger partial charge in [-0.25, -0.2) is 0 Å². The lowest BCUT2D eigenvalue weighted by Crippen LogP contribution is -1.98. The molecule has 5 nitrogen and oxygen atoms in total. The normalized spacial score (nSPS) is 10.2. The van der Waals surface area contributed by atoms with Crippen LogP contribution in [0.1, 0.15) is 11.1 Å². The monoisotopic (exact) mass is 258 g/mol. The number of benzene rings is 2. The topological polar surface area (TPSA) is 78.4 Å². The molecule has 0 bridgehead atoms. The Morgan fingerprint density at radius 3 is 2.68 bits per heavy atom. The van der Waals surface area contributed by atoms with Gasteiger partial charge in [-0.15, -0.1) is 0 Å². The zero-order valence-electron chi connectivity index (χ0n) is 10.5. The number of non-ortho nitro benzene ring substituents is 1. The minimum Gasteiger partial charge on any atom is -0.489 e. The molecular weight excluding hydrogens is 244 g/mol. The van der Waals surface area contributed by atoms with Crippen molar-refractivity contribution >= 4 is 11.4 Å². The molecule has 5 heteroatoms. The summed E-state index contributed by atoms with van der Waals surface area (Å²) in [4.78, 5) is 10.2. The highest BCUT2D eigenvalue weighted by Crippen LogP contribution is 2.24. The summed E-state index contributed by atoms with van der Waals surface area (Å²) in [5, 5.41) is 10.6. The van der Waals surface area contributed by atoms with Crippen LogP contribution in [-0.4, -0.2) is 4.92 Å². The van der Waals surface area contributed by atoms with Crippen molar-refractivity contribution in [1.29, 1.82) is 0 Å². The molecule has 2 aromatic carbocycles. The lowest BCUT2D eigenvalue weighted by molar-refractivity contribution is -0.384. The summed E-state index contributed by atoms with van der Waals surface area (Å²) in [5.41, 5.74) is 8.12. The minimum absolute atomic E-state index is 0.0637. The Morgan fingerprint density at radius 1 is 1.26 bits per heavy atom. The zero-order valence-corrected chi connectivity index (χ0v) is 10.5. The van der Waals surface area contributed by atoms with Crippen molar-refractivity contribution in [3.05, 3.63) is 63.7 Å². The molecule has 2 rings (SSSR count).